The third-order valence-electron chi connectivity index (χ3n) is 4.59. The number of anilines is 1. The number of β-amino-alcohol motifs (C(OH)–C–C–N with tert-alkyl or cyclic N) is 1. The largest absolute Gasteiger partial charge is 0.386 e. The third-order valence-corrected chi connectivity index (χ3v) is 5.56. The van der Waals surface area contributed by atoms with Gasteiger partial charge < -0.3 is 14.9 Å². The number of thiophene rings is 1. The molecule has 1 aliphatic rings. The molecule has 3 rings (SSSR count). The summed E-state index contributed by atoms with van der Waals surface area (Å²) in [5, 5.41) is 12.3. The van der Waals surface area contributed by atoms with Crippen molar-refractivity contribution in [2.45, 2.75) is 38.2 Å². The highest BCUT2D eigenvalue weighted by Crippen LogP contribution is 2.26. The Labute approximate surface area is 172 Å². The number of para-hydroxylation sites is 1. The van der Waals surface area contributed by atoms with E-state index >= 15 is 0 Å². The minimum absolute atomic E-state index is 0. The van der Waals surface area contributed by atoms with Crippen LogP contribution in [0.4, 0.5) is 5.69 Å². The lowest BCUT2D eigenvalue weighted by Gasteiger charge is -2.39. The number of carbonyl (C=O) groups is 1. The van der Waals surface area contributed by atoms with Crippen LogP contribution in [0.15, 0.2) is 47.8 Å². The lowest BCUT2D eigenvalue weighted by atomic mass is 10.0. The molecule has 1 atom stereocenters. The summed E-state index contributed by atoms with van der Waals surface area (Å²) >= 11 is 1.51. The van der Waals surface area contributed by atoms with Crippen LogP contribution < -0.4 is 4.90 Å². The molecule has 1 aromatic heterocycles. The molecule has 142 valence electrons. The normalized spacial score (nSPS) is 20.6. The van der Waals surface area contributed by atoms with E-state index in [-0.39, 0.29) is 18.4 Å². The Balaban J connectivity index is 0.00000341. The monoisotopic (exact) mass is 399 g/mol. The summed E-state index contributed by atoms with van der Waals surface area (Å²) in [6.45, 7) is -1.31. The molecular weight excluding hydrogens is 368 g/mol. The number of hydrogen-bond acceptors (Lipinski definition) is 4. The number of aliphatic hydroxyl groups is 1. The first-order valence-electron chi connectivity index (χ1n) is 10.9. The van der Waals surface area contributed by atoms with E-state index in [0.717, 1.165) is 4.88 Å². The van der Waals surface area contributed by atoms with Gasteiger partial charge in [0.25, 0.3) is 0 Å². The molecule has 2 aromatic rings. The van der Waals surface area contributed by atoms with Crippen molar-refractivity contribution >= 4 is 35.3 Å². The first-order valence-corrected chi connectivity index (χ1v) is 9.32. The van der Waals surface area contributed by atoms with Crippen molar-refractivity contribution in [3.63, 3.8) is 0 Å². The molecule has 1 aliphatic heterocycles. The lowest BCUT2D eigenvalue weighted by molar-refractivity contribution is -0.119. The Bertz CT molecular complexity index is 828. The number of likely N-dealkylation sites (tertiary alicyclic amines) is 1. The van der Waals surface area contributed by atoms with Gasteiger partial charge in [0.2, 0.25) is 5.91 Å². The molecule has 2 heterocycles. The predicted molar refractivity (Wildman–Crippen MR) is 110 cm³/mol. The van der Waals surface area contributed by atoms with Crippen LogP contribution in [0.25, 0.3) is 0 Å². The highest BCUT2D eigenvalue weighted by Gasteiger charge is 2.29. The Morgan fingerprint density at radius 1 is 1.35 bits per heavy atom. The maximum atomic E-state index is 13.1. The lowest BCUT2D eigenvalue weighted by Crippen LogP contribution is -2.48. The molecule has 0 saturated carbocycles. The Kier molecular flexibility index (Phi) is 5.67. The topological polar surface area (TPSA) is 43.8 Å². The van der Waals surface area contributed by atoms with Gasteiger partial charge in [0.05, 0.1) is 0 Å². The molecule has 0 aliphatic carbocycles. The molecule has 1 aromatic carbocycles. The number of aliphatic hydroxyl groups excluding tert-OH is 1. The average Bonchev–Trinajstić information content (AvgIpc) is 3.24. The van der Waals surface area contributed by atoms with Crippen LogP contribution in [0.3, 0.4) is 0 Å². The van der Waals surface area contributed by atoms with Gasteiger partial charge in [0.15, 0.2) is 0 Å². The summed E-state index contributed by atoms with van der Waals surface area (Å²) in [6, 6.07) is 12.2. The van der Waals surface area contributed by atoms with Gasteiger partial charge in [-0.3, -0.25) is 4.79 Å². The zero-order valence-electron chi connectivity index (χ0n) is 19.4. The number of benzene rings is 1. The summed E-state index contributed by atoms with van der Waals surface area (Å²) in [4.78, 5) is 17.4. The van der Waals surface area contributed by atoms with Crippen LogP contribution in [0.5, 0.6) is 0 Å². The number of carbonyl (C=O) groups excluding carboxylic acids is 1. The van der Waals surface area contributed by atoms with Gasteiger partial charge in [-0.05, 0) is 36.4 Å². The van der Waals surface area contributed by atoms with Gasteiger partial charge in [0, 0.05) is 49.5 Å². The summed E-state index contributed by atoms with van der Waals surface area (Å²) in [5.74, 6) is -1.04. The van der Waals surface area contributed by atoms with E-state index in [1.165, 1.54) is 16.2 Å². The standard InChI is InChI=1S/C20H26N2O2S.ClH/c1-2-20(24)22(16-7-4-3-5-8-16)17-10-12-21(13-11-17)15-18(23)19-9-6-14-25-19;/h3-9,14,17-18,23H,2,10-13,15H2,1H3;1H/i1D3,2D2;. The van der Waals surface area contributed by atoms with E-state index in [1.54, 1.807) is 30.3 Å². The van der Waals surface area contributed by atoms with Crippen molar-refractivity contribution in [1.82, 2.24) is 4.90 Å². The molecule has 6 heteroatoms. The van der Waals surface area contributed by atoms with Crippen LogP contribution in [-0.4, -0.2) is 41.6 Å². The van der Waals surface area contributed by atoms with Crippen LogP contribution >= 0.6 is 23.7 Å². The fraction of sp³-hybridized carbons (Fsp3) is 0.450. The molecule has 1 saturated heterocycles. The zero-order valence-corrected chi connectivity index (χ0v) is 16.0. The summed E-state index contributed by atoms with van der Waals surface area (Å²) in [6.07, 6.45) is -2.42. The zero-order chi connectivity index (χ0) is 21.9. The van der Waals surface area contributed by atoms with E-state index in [2.05, 4.69) is 4.90 Å². The summed E-state index contributed by atoms with van der Waals surface area (Å²) < 4.78 is 38.4. The van der Waals surface area contributed by atoms with Gasteiger partial charge in [-0.1, -0.05) is 31.1 Å². The van der Waals surface area contributed by atoms with Crippen LogP contribution in [0, 0.1) is 0 Å². The van der Waals surface area contributed by atoms with Crippen LogP contribution in [-0.2, 0) is 4.79 Å². The number of nitrogens with zero attached hydrogens (tertiary/aromatic N) is 2. The molecule has 4 nitrogen and oxygen atoms in total. The van der Waals surface area contributed by atoms with Crippen molar-refractivity contribution in [2.24, 2.45) is 0 Å². The number of halogens is 1. The van der Waals surface area contributed by atoms with E-state index in [1.807, 2.05) is 17.5 Å². The fourth-order valence-electron chi connectivity index (χ4n) is 3.32. The maximum Gasteiger partial charge on any atom is 0.226 e. The van der Waals surface area contributed by atoms with E-state index < -0.39 is 25.2 Å². The second-order valence-corrected chi connectivity index (χ2v) is 7.18. The van der Waals surface area contributed by atoms with E-state index in [9.17, 15) is 9.90 Å². The number of rotatable bonds is 6. The molecule has 0 spiro atoms. The first kappa shape index (κ1) is 14.6. The molecule has 26 heavy (non-hydrogen) atoms. The van der Waals surface area contributed by atoms with Crippen molar-refractivity contribution in [1.29, 1.82) is 0 Å². The van der Waals surface area contributed by atoms with Gasteiger partial charge in [-0.15, -0.1) is 23.7 Å². The molecule has 1 amide bonds. The number of hydrogen-bond donors (Lipinski definition) is 1. The van der Waals surface area contributed by atoms with E-state index in [0.29, 0.717) is 38.2 Å². The van der Waals surface area contributed by atoms with Gasteiger partial charge in [0.1, 0.15) is 6.10 Å². The average molecular weight is 400 g/mol. The Hall–Kier alpha value is -1.40. The number of amides is 1. The minimum atomic E-state index is -3.05. The highest BCUT2D eigenvalue weighted by atomic mass is 35.5. The molecule has 1 unspecified atom stereocenters. The van der Waals surface area contributed by atoms with Crippen molar-refractivity contribution < 1.29 is 16.8 Å². The SMILES string of the molecule is Cl.[2H]C([2H])([2H])C([2H])([2H])C(=O)N(c1ccccc1)C1CCN(CC(O)c2cccs2)CC1. The Morgan fingerprint density at radius 2 is 2.08 bits per heavy atom. The van der Waals surface area contributed by atoms with Crippen molar-refractivity contribution in [2.75, 3.05) is 24.5 Å². The number of piperidine rings is 1. The van der Waals surface area contributed by atoms with Gasteiger partial charge in [-0.25, -0.2) is 0 Å². The second kappa shape index (κ2) is 10.1. The molecule has 0 radical (unpaired) electrons. The van der Waals surface area contributed by atoms with Gasteiger partial charge >= 0.3 is 0 Å². The molecule has 1 fully saturated rings. The summed E-state index contributed by atoms with van der Waals surface area (Å²) in [7, 11) is 0. The smallest absolute Gasteiger partial charge is 0.226 e. The first-order chi connectivity index (χ1) is 14.1. The summed E-state index contributed by atoms with van der Waals surface area (Å²) in [5.41, 5.74) is 0.493. The predicted octanol–water partition coefficient (Wildman–Crippen LogP) is 4.11. The maximum absolute atomic E-state index is 13.1. The molecule has 0 bridgehead atoms. The van der Waals surface area contributed by atoms with Crippen LogP contribution in [0.1, 0.15) is 43.9 Å². The molecular formula is C20H27ClN2O2S. The van der Waals surface area contributed by atoms with Crippen LogP contribution in [0.2, 0.25) is 0 Å². The van der Waals surface area contributed by atoms with Gasteiger partial charge in [-0.2, -0.15) is 0 Å². The Morgan fingerprint density at radius 3 is 2.69 bits per heavy atom. The van der Waals surface area contributed by atoms with E-state index in [4.69, 9.17) is 6.85 Å². The quantitative estimate of drug-likeness (QED) is 0.794. The fourth-order valence-corrected chi connectivity index (χ4v) is 4.02. The van der Waals surface area contributed by atoms with Crippen molar-refractivity contribution in [3.05, 3.63) is 52.7 Å². The highest BCUT2D eigenvalue weighted by molar-refractivity contribution is 7.10. The van der Waals surface area contributed by atoms with Crippen molar-refractivity contribution in [3.8, 4) is 0 Å². The molecule has 1 N–H and O–H groups in total. The minimum Gasteiger partial charge on any atom is -0.386 e. The third kappa shape index (κ3) is 5.07. The second-order valence-electron chi connectivity index (χ2n) is 6.20.